The molecule has 168 valence electrons. The van der Waals surface area contributed by atoms with Crippen LogP contribution in [0.2, 0.25) is 0 Å². The van der Waals surface area contributed by atoms with E-state index in [2.05, 4.69) is 0 Å². The first-order valence-electron chi connectivity index (χ1n) is 10.5. The van der Waals surface area contributed by atoms with Gasteiger partial charge in [-0.05, 0) is 58.1 Å². The highest BCUT2D eigenvalue weighted by Gasteiger charge is 2.23. The van der Waals surface area contributed by atoms with Gasteiger partial charge in [0.15, 0.2) is 5.75 Å². The van der Waals surface area contributed by atoms with E-state index in [1.807, 2.05) is 51.1 Å². The summed E-state index contributed by atoms with van der Waals surface area (Å²) in [6, 6.07) is 25.7. The second-order valence-corrected chi connectivity index (χ2v) is 10.3. The van der Waals surface area contributed by atoms with Crippen LogP contribution in [0.25, 0.3) is 10.8 Å². The molecule has 0 radical (unpaired) electrons. The molecule has 0 heterocycles. The summed E-state index contributed by atoms with van der Waals surface area (Å²) in [4.78, 5) is 12.9. The van der Waals surface area contributed by atoms with Crippen LogP contribution in [-0.2, 0) is 15.5 Å². The molecule has 6 heteroatoms. The molecule has 0 aliphatic heterocycles. The summed E-state index contributed by atoms with van der Waals surface area (Å²) in [6.07, 6.45) is 0. The average Bonchev–Trinajstić information content (AvgIpc) is 2.78. The molecule has 4 rings (SSSR count). The van der Waals surface area contributed by atoms with Crippen LogP contribution in [-0.4, -0.2) is 14.4 Å². The molecule has 0 spiro atoms. The lowest BCUT2D eigenvalue weighted by Crippen LogP contribution is -2.16. The van der Waals surface area contributed by atoms with Gasteiger partial charge in [-0.25, -0.2) is 4.79 Å². The summed E-state index contributed by atoms with van der Waals surface area (Å²) >= 11 is 0. The van der Waals surface area contributed by atoms with Gasteiger partial charge in [-0.15, -0.1) is 0 Å². The van der Waals surface area contributed by atoms with Crippen LogP contribution in [0.3, 0.4) is 0 Å². The van der Waals surface area contributed by atoms with Crippen LogP contribution in [0.15, 0.2) is 95.9 Å². The van der Waals surface area contributed by atoms with Crippen molar-refractivity contribution in [1.82, 2.24) is 0 Å². The molecule has 33 heavy (non-hydrogen) atoms. The molecule has 0 amide bonds. The molecule has 5 nitrogen and oxygen atoms in total. The van der Waals surface area contributed by atoms with Gasteiger partial charge in [0, 0.05) is 0 Å². The number of rotatable bonds is 5. The van der Waals surface area contributed by atoms with E-state index in [1.54, 1.807) is 36.4 Å². The smallest absolute Gasteiger partial charge is 0.347 e. The van der Waals surface area contributed by atoms with E-state index in [9.17, 15) is 13.2 Å². The topological polar surface area (TPSA) is 69.7 Å². The van der Waals surface area contributed by atoms with Crippen molar-refractivity contribution in [3.8, 4) is 11.5 Å². The number of ether oxygens (including phenoxy) is 1. The summed E-state index contributed by atoms with van der Waals surface area (Å²) in [7, 11) is -4.14. The molecular weight excluding hydrogens is 436 g/mol. The fourth-order valence-corrected chi connectivity index (χ4v) is 4.34. The normalized spacial score (nSPS) is 11.8. The van der Waals surface area contributed by atoms with Gasteiger partial charge < -0.3 is 8.92 Å². The molecule has 0 saturated heterocycles. The lowest BCUT2D eigenvalue weighted by atomic mass is 9.87. The number of carbonyl (C=O) groups is 1. The van der Waals surface area contributed by atoms with Crippen molar-refractivity contribution in [2.45, 2.75) is 31.1 Å². The van der Waals surface area contributed by atoms with E-state index in [4.69, 9.17) is 8.92 Å². The Hall–Kier alpha value is -3.64. The van der Waals surface area contributed by atoms with Crippen LogP contribution < -0.4 is 8.92 Å². The first kappa shape index (κ1) is 22.6. The standard InChI is InChI=1S/C27H24O5S/c1-27(2,3)21-13-16-23(17-14-21)33(29,30)32-25-11-7-6-10-24(25)26(28)31-22-15-12-19-8-4-5-9-20(19)18-22/h4-18H,1-3H3. The number of benzene rings is 4. The fourth-order valence-electron chi connectivity index (χ4n) is 3.39. The van der Waals surface area contributed by atoms with E-state index < -0.39 is 16.1 Å². The maximum Gasteiger partial charge on any atom is 0.347 e. The van der Waals surface area contributed by atoms with Crippen LogP contribution in [0, 0.1) is 0 Å². The molecule has 0 saturated carbocycles. The van der Waals surface area contributed by atoms with Gasteiger partial charge in [0.25, 0.3) is 0 Å². The first-order chi connectivity index (χ1) is 15.6. The van der Waals surface area contributed by atoms with Gasteiger partial charge in [0.05, 0.1) is 0 Å². The highest BCUT2D eigenvalue weighted by atomic mass is 32.2. The molecule has 0 N–H and O–H groups in total. The van der Waals surface area contributed by atoms with Crippen molar-refractivity contribution in [3.05, 3.63) is 102 Å². The van der Waals surface area contributed by atoms with Crippen LogP contribution in [0.5, 0.6) is 11.5 Å². The summed E-state index contributed by atoms with van der Waals surface area (Å²) in [5, 5.41) is 1.94. The van der Waals surface area contributed by atoms with Gasteiger partial charge in [-0.2, -0.15) is 8.42 Å². The summed E-state index contributed by atoms with van der Waals surface area (Å²) in [6.45, 7) is 6.14. The summed E-state index contributed by atoms with van der Waals surface area (Å²) in [5.74, 6) is -0.448. The summed E-state index contributed by atoms with van der Waals surface area (Å²) < 4.78 is 36.6. The minimum absolute atomic E-state index is 0.00759. The molecule has 0 atom stereocenters. The largest absolute Gasteiger partial charge is 0.423 e. The van der Waals surface area contributed by atoms with E-state index in [-0.39, 0.29) is 21.6 Å². The Bertz CT molecular complexity index is 1420. The predicted octanol–water partition coefficient (Wildman–Crippen LogP) is 6.12. The molecular formula is C27H24O5S. The third-order valence-electron chi connectivity index (χ3n) is 5.25. The van der Waals surface area contributed by atoms with Crippen molar-refractivity contribution >= 4 is 26.9 Å². The second-order valence-electron chi connectivity index (χ2n) is 8.71. The highest BCUT2D eigenvalue weighted by molar-refractivity contribution is 7.87. The van der Waals surface area contributed by atoms with E-state index in [0.29, 0.717) is 5.75 Å². The average molecular weight is 461 g/mol. The summed E-state index contributed by atoms with van der Waals surface area (Å²) in [5.41, 5.74) is 0.906. The van der Waals surface area contributed by atoms with Crippen molar-refractivity contribution in [1.29, 1.82) is 0 Å². The maximum atomic E-state index is 12.9. The Morgan fingerprint density at radius 3 is 2.09 bits per heavy atom. The lowest BCUT2D eigenvalue weighted by molar-refractivity contribution is 0.0733. The van der Waals surface area contributed by atoms with Gasteiger partial charge in [0.1, 0.15) is 16.2 Å². The molecule has 4 aromatic rings. The molecule has 4 aromatic carbocycles. The highest BCUT2D eigenvalue weighted by Crippen LogP contribution is 2.28. The molecule has 0 bridgehead atoms. The number of esters is 1. The van der Waals surface area contributed by atoms with Gasteiger partial charge in [-0.3, -0.25) is 0 Å². The molecule has 0 fully saturated rings. The zero-order valence-electron chi connectivity index (χ0n) is 18.6. The monoisotopic (exact) mass is 460 g/mol. The number of para-hydroxylation sites is 1. The third kappa shape index (κ3) is 5.07. The fraction of sp³-hybridized carbons (Fsp3) is 0.148. The SMILES string of the molecule is CC(C)(C)c1ccc(S(=O)(=O)Oc2ccccc2C(=O)Oc2ccc3ccccc3c2)cc1. The zero-order chi connectivity index (χ0) is 23.6. The Labute approximate surface area is 193 Å². The van der Waals surface area contributed by atoms with E-state index in [1.165, 1.54) is 24.3 Å². The van der Waals surface area contributed by atoms with Crippen LogP contribution in [0.4, 0.5) is 0 Å². The van der Waals surface area contributed by atoms with Crippen molar-refractivity contribution in [3.63, 3.8) is 0 Å². The van der Waals surface area contributed by atoms with Crippen molar-refractivity contribution in [2.75, 3.05) is 0 Å². The molecule has 0 aliphatic carbocycles. The number of carbonyl (C=O) groups excluding carboxylic acids is 1. The third-order valence-corrected chi connectivity index (χ3v) is 6.50. The number of fused-ring (bicyclic) bond motifs is 1. The Morgan fingerprint density at radius 1 is 0.758 bits per heavy atom. The minimum atomic E-state index is -4.14. The Kier molecular flexibility index (Phi) is 5.95. The van der Waals surface area contributed by atoms with Gasteiger partial charge in [-0.1, -0.05) is 75.4 Å². The van der Waals surface area contributed by atoms with Gasteiger partial charge in [0.2, 0.25) is 0 Å². The maximum absolute atomic E-state index is 12.9. The Balaban J connectivity index is 1.58. The van der Waals surface area contributed by atoms with Crippen molar-refractivity contribution in [2.24, 2.45) is 0 Å². The molecule has 0 unspecified atom stereocenters. The number of hydrogen-bond donors (Lipinski definition) is 0. The molecule has 0 aliphatic rings. The van der Waals surface area contributed by atoms with Crippen LogP contribution in [0.1, 0.15) is 36.7 Å². The van der Waals surface area contributed by atoms with Crippen LogP contribution >= 0.6 is 0 Å². The van der Waals surface area contributed by atoms with Crippen molar-refractivity contribution < 1.29 is 22.1 Å². The predicted molar refractivity (Wildman–Crippen MR) is 128 cm³/mol. The Morgan fingerprint density at radius 2 is 1.39 bits per heavy atom. The first-order valence-corrected chi connectivity index (χ1v) is 11.9. The lowest BCUT2D eigenvalue weighted by Gasteiger charge is -2.19. The van der Waals surface area contributed by atoms with Gasteiger partial charge >= 0.3 is 16.1 Å². The quantitative estimate of drug-likeness (QED) is 0.204. The van der Waals surface area contributed by atoms with E-state index >= 15 is 0 Å². The zero-order valence-corrected chi connectivity index (χ0v) is 19.4. The minimum Gasteiger partial charge on any atom is -0.423 e. The van der Waals surface area contributed by atoms with E-state index in [0.717, 1.165) is 16.3 Å². The number of hydrogen-bond acceptors (Lipinski definition) is 5. The second kappa shape index (κ2) is 8.71. The molecule has 0 aromatic heterocycles.